The fourth-order valence-electron chi connectivity index (χ4n) is 2.47. The van der Waals surface area contributed by atoms with Crippen LogP contribution in [0.15, 0.2) is 24.3 Å². The van der Waals surface area contributed by atoms with Gasteiger partial charge in [-0.25, -0.2) is 0 Å². The molecule has 0 radical (unpaired) electrons. The summed E-state index contributed by atoms with van der Waals surface area (Å²) in [5, 5.41) is 3.41. The highest BCUT2D eigenvalue weighted by atomic mass is 16.5. The Labute approximate surface area is 124 Å². The van der Waals surface area contributed by atoms with Gasteiger partial charge in [0, 0.05) is 18.6 Å². The van der Waals surface area contributed by atoms with E-state index in [9.17, 15) is 0 Å². The van der Waals surface area contributed by atoms with Crippen LogP contribution in [0.5, 0.6) is 5.75 Å². The number of benzene rings is 1. The lowest BCUT2D eigenvalue weighted by Gasteiger charge is -2.31. The van der Waals surface area contributed by atoms with Gasteiger partial charge in [-0.3, -0.25) is 0 Å². The van der Waals surface area contributed by atoms with Gasteiger partial charge in [0.2, 0.25) is 0 Å². The van der Waals surface area contributed by atoms with Crippen molar-refractivity contribution >= 4 is 0 Å². The predicted molar refractivity (Wildman–Crippen MR) is 86.5 cm³/mol. The number of nitrogens with one attached hydrogen (secondary N) is 1. The molecule has 1 N–H and O–H groups in total. The van der Waals surface area contributed by atoms with Crippen molar-refractivity contribution in [3.63, 3.8) is 0 Å². The second-order valence-electron chi connectivity index (χ2n) is 5.94. The molecule has 3 nitrogen and oxygen atoms in total. The van der Waals surface area contributed by atoms with Crippen molar-refractivity contribution in [1.29, 1.82) is 0 Å². The van der Waals surface area contributed by atoms with E-state index in [1.807, 2.05) is 19.2 Å². The minimum atomic E-state index is 0.487. The molecule has 114 valence electrons. The summed E-state index contributed by atoms with van der Waals surface area (Å²) in [5.41, 5.74) is 1.28. The van der Waals surface area contributed by atoms with Crippen LogP contribution in [0.1, 0.15) is 26.3 Å². The van der Waals surface area contributed by atoms with Crippen molar-refractivity contribution in [1.82, 2.24) is 10.2 Å². The van der Waals surface area contributed by atoms with E-state index in [4.69, 9.17) is 4.74 Å². The Morgan fingerprint density at radius 2 is 1.85 bits per heavy atom. The molecule has 0 aliphatic rings. The van der Waals surface area contributed by atoms with Gasteiger partial charge < -0.3 is 15.0 Å². The highest BCUT2D eigenvalue weighted by Crippen LogP contribution is 2.20. The van der Waals surface area contributed by atoms with Gasteiger partial charge >= 0.3 is 0 Å². The molecule has 0 aliphatic heterocycles. The van der Waals surface area contributed by atoms with E-state index in [1.54, 1.807) is 7.11 Å². The summed E-state index contributed by atoms with van der Waals surface area (Å²) in [6.45, 7) is 7.86. The second kappa shape index (κ2) is 8.28. The Morgan fingerprint density at radius 1 is 1.20 bits per heavy atom. The fraction of sp³-hybridized carbons (Fsp3) is 0.647. The lowest BCUT2D eigenvalue weighted by Crippen LogP contribution is -2.44. The normalized spacial score (nSPS) is 14.6. The third-order valence-electron chi connectivity index (χ3n) is 4.12. The Balaban J connectivity index is 2.63. The average molecular weight is 278 g/mol. The molecule has 0 aromatic heterocycles. The van der Waals surface area contributed by atoms with Crippen LogP contribution >= 0.6 is 0 Å². The van der Waals surface area contributed by atoms with Gasteiger partial charge in [-0.15, -0.1) is 0 Å². The number of methoxy groups -OCH3 is 1. The molecular weight excluding hydrogens is 248 g/mol. The van der Waals surface area contributed by atoms with Crippen molar-refractivity contribution in [2.75, 3.05) is 27.7 Å². The minimum absolute atomic E-state index is 0.487. The highest BCUT2D eigenvalue weighted by Gasteiger charge is 2.18. The lowest BCUT2D eigenvalue weighted by atomic mass is 10.0. The van der Waals surface area contributed by atoms with E-state index in [0.29, 0.717) is 18.0 Å². The molecule has 20 heavy (non-hydrogen) atoms. The van der Waals surface area contributed by atoms with Crippen LogP contribution in [0.2, 0.25) is 0 Å². The van der Waals surface area contributed by atoms with Crippen molar-refractivity contribution in [2.24, 2.45) is 5.92 Å². The van der Waals surface area contributed by atoms with Crippen molar-refractivity contribution < 1.29 is 4.74 Å². The van der Waals surface area contributed by atoms with Crippen LogP contribution in [0.3, 0.4) is 0 Å². The molecule has 0 amide bonds. The molecule has 0 heterocycles. The Kier molecular flexibility index (Phi) is 7.03. The SMILES string of the molecule is CNC(CN(C)C(C)Cc1ccccc1OC)C(C)C. The number of ether oxygens (including phenoxy) is 1. The third kappa shape index (κ3) is 4.80. The Hall–Kier alpha value is -1.06. The first-order chi connectivity index (χ1) is 9.49. The van der Waals surface area contributed by atoms with Gasteiger partial charge in [0.1, 0.15) is 5.75 Å². The molecule has 1 aromatic carbocycles. The van der Waals surface area contributed by atoms with E-state index in [0.717, 1.165) is 18.7 Å². The summed E-state index contributed by atoms with van der Waals surface area (Å²) in [7, 11) is 5.99. The molecule has 0 fully saturated rings. The summed E-state index contributed by atoms with van der Waals surface area (Å²) in [6.07, 6.45) is 1.01. The van der Waals surface area contributed by atoms with Crippen LogP contribution in [-0.2, 0) is 6.42 Å². The number of likely N-dealkylation sites (N-methyl/N-ethyl adjacent to an activating group) is 2. The molecule has 0 saturated carbocycles. The number of rotatable bonds is 8. The first kappa shape index (κ1) is 17.0. The van der Waals surface area contributed by atoms with Crippen LogP contribution in [0.4, 0.5) is 0 Å². The van der Waals surface area contributed by atoms with E-state index in [1.165, 1.54) is 5.56 Å². The Bertz CT molecular complexity index is 392. The molecule has 0 saturated heterocycles. The molecule has 0 spiro atoms. The van der Waals surface area contributed by atoms with E-state index in [-0.39, 0.29) is 0 Å². The molecule has 3 heteroatoms. The van der Waals surface area contributed by atoms with E-state index in [2.05, 4.69) is 50.2 Å². The number of hydrogen-bond donors (Lipinski definition) is 1. The quantitative estimate of drug-likeness (QED) is 0.791. The third-order valence-corrected chi connectivity index (χ3v) is 4.12. The zero-order chi connectivity index (χ0) is 15.1. The standard InChI is InChI=1S/C17H30N2O/c1-13(2)16(18-4)12-19(5)14(3)11-15-9-7-8-10-17(15)20-6/h7-10,13-14,16,18H,11-12H2,1-6H3. The second-order valence-corrected chi connectivity index (χ2v) is 5.94. The van der Waals surface area contributed by atoms with Crippen LogP contribution in [0.25, 0.3) is 0 Å². The largest absolute Gasteiger partial charge is 0.496 e. The topological polar surface area (TPSA) is 24.5 Å². The molecule has 1 aromatic rings. The molecule has 1 rings (SSSR count). The Morgan fingerprint density at radius 3 is 2.40 bits per heavy atom. The van der Waals surface area contributed by atoms with Gasteiger partial charge in [0.05, 0.1) is 7.11 Å². The smallest absolute Gasteiger partial charge is 0.122 e. The van der Waals surface area contributed by atoms with Crippen molar-refractivity contribution in [2.45, 2.75) is 39.3 Å². The predicted octanol–water partition coefficient (Wildman–Crippen LogP) is 2.80. The summed E-state index contributed by atoms with van der Waals surface area (Å²) in [4.78, 5) is 2.42. The summed E-state index contributed by atoms with van der Waals surface area (Å²) < 4.78 is 5.44. The van der Waals surface area contributed by atoms with Gasteiger partial charge in [-0.1, -0.05) is 32.0 Å². The molecule has 2 unspecified atom stereocenters. The number of nitrogens with zero attached hydrogens (tertiary/aromatic N) is 1. The highest BCUT2D eigenvalue weighted by molar-refractivity contribution is 5.33. The van der Waals surface area contributed by atoms with Crippen molar-refractivity contribution in [3.8, 4) is 5.75 Å². The molecular formula is C17H30N2O. The fourth-order valence-corrected chi connectivity index (χ4v) is 2.47. The van der Waals surface area contributed by atoms with Gasteiger partial charge in [0.15, 0.2) is 0 Å². The maximum Gasteiger partial charge on any atom is 0.122 e. The number of para-hydroxylation sites is 1. The number of hydrogen-bond acceptors (Lipinski definition) is 3. The molecule has 0 aliphatic carbocycles. The van der Waals surface area contributed by atoms with Gasteiger partial charge in [-0.05, 0) is 45.0 Å². The monoisotopic (exact) mass is 278 g/mol. The zero-order valence-corrected chi connectivity index (χ0v) is 13.8. The maximum atomic E-state index is 5.44. The average Bonchev–Trinajstić information content (AvgIpc) is 2.44. The van der Waals surface area contributed by atoms with Gasteiger partial charge in [-0.2, -0.15) is 0 Å². The van der Waals surface area contributed by atoms with E-state index >= 15 is 0 Å². The lowest BCUT2D eigenvalue weighted by molar-refractivity contribution is 0.209. The van der Waals surface area contributed by atoms with Gasteiger partial charge in [0.25, 0.3) is 0 Å². The first-order valence-corrected chi connectivity index (χ1v) is 7.49. The molecule has 2 atom stereocenters. The maximum absolute atomic E-state index is 5.44. The summed E-state index contributed by atoms with van der Waals surface area (Å²) in [6, 6.07) is 9.30. The summed E-state index contributed by atoms with van der Waals surface area (Å²) in [5.74, 6) is 1.63. The summed E-state index contributed by atoms with van der Waals surface area (Å²) >= 11 is 0. The van der Waals surface area contributed by atoms with Crippen LogP contribution in [-0.4, -0.2) is 44.7 Å². The van der Waals surface area contributed by atoms with Crippen molar-refractivity contribution in [3.05, 3.63) is 29.8 Å². The van der Waals surface area contributed by atoms with E-state index < -0.39 is 0 Å². The molecule has 0 bridgehead atoms. The minimum Gasteiger partial charge on any atom is -0.496 e. The van der Waals surface area contributed by atoms with Crippen LogP contribution < -0.4 is 10.1 Å². The van der Waals surface area contributed by atoms with Crippen LogP contribution in [0, 0.1) is 5.92 Å². The first-order valence-electron chi connectivity index (χ1n) is 7.49. The zero-order valence-electron chi connectivity index (χ0n) is 13.8.